The van der Waals surface area contributed by atoms with E-state index in [1.54, 1.807) is 13.4 Å². The second kappa shape index (κ2) is 10.0. The number of carbonyl (C=O) groups is 1. The van der Waals surface area contributed by atoms with Crippen LogP contribution in [0.25, 0.3) is 28.1 Å². The zero-order valence-corrected chi connectivity index (χ0v) is 20.3. The highest BCUT2D eigenvalue weighted by molar-refractivity contribution is 5.82. The van der Waals surface area contributed by atoms with Crippen LogP contribution in [0, 0.1) is 13.8 Å². The number of pyridine rings is 1. The van der Waals surface area contributed by atoms with Crippen LogP contribution in [0.5, 0.6) is 0 Å². The first-order valence-corrected chi connectivity index (χ1v) is 11.6. The molecule has 5 rings (SSSR count). The molecule has 0 aliphatic rings. The number of hydrogen-bond donors (Lipinski definition) is 2. The molecule has 2 N–H and O–H groups in total. The number of aromatic amines is 1. The summed E-state index contributed by atoms with van der Waals surface area (Å²) in [7, 11) is 1.66. The molecule has 5 aromatic rings. The van der Waals surface area contributed by atoms with Crippen molar-refractivity contribution in [3.05, 3.63) is 71.4 Å². The van der Waals surface area contributed by atoms with Crippen molar-refractivity contribution in [2.45, 2.75) is 26.7 Å². The predicted octanol–water partition coefficient (Wildman–Crippen LogP) is 3.89. The van der Waals surface area contributed by atoms with Crippen LogP contribution in [-0.2, 0) is 22.4 Å². The van der Waals surface area contributed by atoms with Crippen LogP contribution in [0.2, 0.25) is 0 Å². The normalized spacial score (nSPS) is 11.2. The Morgan fingerprint density at radius 2 is 2.00 bits per heavy atom. The average molecular weight is 483 g/mol. The molecule has 10 nitrogen and oxygen atoms in total. The summed E-state index contributed by atoms with van der Waals surface area (Å²) in [5.41, 5.74) is 7.65. The van der Waals surface area contributed by atoms with Gasteiger partial charge in [0.25, 0.3) is 0 Å². The summed E-state index contributed by atoms with van der Waals surface area (Å²) >= 11 is 0. The highest BCUT2D eigenvalue weighted by Gasteiger charge is 2.19. The van der Waals surface area contributed by atoms with Crippen LogP contribution in [0.1, 0.15) is 22.6 Å². The number of carbonyl (C=O) groups excluding carboxylic acids is 1. The Balaban J connectivity index is 1.53. The Morgan fingerprint density at radius 1 is 1.11 bits per heavy atom. The zero-order valence-electron chi connectivity index (χ0n) is 20.3. The number of nitrogens with one attached hydrogen (secondary N) is 2. The Morgan fingerprint density at radius 3 is 2.78 bits per heavy atom. The van der Waals surface area contributed by atoms with Crippen LogP contribution >= 0.6 is 0 Å². The van der Waals surface area contributed by atoms with E-state index in [1.807, 2.05) is 60.9 Å². The number of nitrogens with zero attached hydrogens (tertiary/aromatic N) is 6. The average Bonchev–Trinajstić information content (AvgIpc) is 3.47. The third-order valence-corrected chi connectivity index (χ3v) is 5.93. The quantitative estimate of drug-likeness (QED) is 0.303. The minimum atomic E-state index is 0.262. The Kier molecular flexibility index (Phi) is 6.50. The number of hydrogen-bond acceptors (Lipinski definition) is 8. The summed E-state index contributed by atoms with van der Waals surface area (Å²) < 4.78 is 7.19. The maximum absolute atomic E-state index is 11.4. The number of imidazole rings is 1. The number of fused-ring (bicyclic) bond motifs is 1. The molecule has 182 valence electrons. The second-order valence-corrected chi connectivity index (χ2v) is 8.46. The molecule has 0 fully saturated rings. The molecule has 0 atom stereocenters. The van der Waals surface area contributed by atoms with Gasteiger partial charge < -0.3 is 14.8 Å². The molecule has 1 aromatic carbocycles. The molecule has 0 aliphatic heterocycles. The maximum Gasteiger partial charge on any atom is 0.153 e. The smallest absolute Gasteiger partial charge is 0.153 e. The van der Waals surface area contributed by atoms with E-state index in [4.69, 9.17) is 9.72 Å². The van der Waals surface area contributed by atoms with Gasteiger partial charge in [-0.15, -0.1) is 5.10 Å². The molecule has 0 bridgehead atoms. The number of benzene rings is 1. The monoisotopic (exact) mass is 482 g/mol. The molecular formula is C26H26N8O2. The standard InChI is InChI=1S/C26H26N8O2/c1-16-4-8-23(33-30-16)28-19-6-7-22-21(14-19)27-15-34(22)24-9-5-18(10-12-35)26(29-24)25-17(2)31-32-20(25)11-13-36-3/h4-9,12,14-15H,10-11,13H2,1-3H3,(H,28,33)(H,31,32). The highest BCUT2D eigenvalue weighted by Crippen LogP contribution is 2.30. The largest absolute Gasteiger partial charge is 0.384 e. The van der Waals surface area contributed by atoms with Crippen molar-refractivity contribution in [3.63, 3.8) is 0 Å². The fourth-order valence-corrected chi connectivity index (χ4v) is 4.14. The Bertz CT molecular complexity index is 1520. The van der Waals surface area contributed by atoms with Gasteiger partial charge in [-0.25, -0.2) is 9.97 Å². The lowest BCUT2D eigenvalue weighted by molar-refractivity contribution is -0.107. The molecule has 0 saturated heterocycles. The minimum absolute atomic E-state index is 0.262. The molecular weight excluding hydrogens is 456 g/mol. The van der Waals surface area contributed by atoms with Gasteiger partial charge in [-0.2, -0.15) is 10.2 Å². The molecule has 0 spiro atoms. The SMILES string of the molecule is COCCc1n[nH]c(C)c1-c1nc(-n2cnc3cc(Nc4ccc(C)nn4)ccc32)ccc1CC=O. The van der Waals surface area contributed by atoms with Crippen LogP contribution in [0.15, 0.2) is 48.8 Å². The summed E-state index contributed by atoms with van der Waals surface area (Å²) in [6.45, 7) is 4.39. The van der Waals surface area contributed by atoms with Gasteiger partial charge in [0.2, 0.25) is 0 Å². The molecule has 4 heterocycles. The lowest BCUT2D eigenvalue weighted by atomic mass is 10.0. The van der Waals surface area contributed by atoms with Crippen molar-refractivity contribution in [2.75, 3.05) is 19.0 Å². The summed E-state index contributed by atoms with van der Waals surface area (Å²) in [4.78, 5) is 21.0. The lowest BCUT2D eigenvalue weighted by Crippen LogP contribution is -2.04. The fraction of sp³-hybridized carbons (Fsp3) is 0.231. The zero-order chi connectivity index (χ0) is 25.1. The number of methoxy groups -OCH3 is 1. The van der Waals surface area contributed by atoms with Gasteiger partial charge in [-0.1, -0.05) is 6.07 Å². The van der Waals surface area contributed by atoms with E-state index < -0.39 is 0 Å². The number of H-pyrrole nitrogens is 1. The molecule has 0 amide bonds. The second-order valence-electron chi connectivity index (χ2n) is 8.46. The summed E-state index contributed by atoms with van der Waals surface area (Å²) in [6, 6.07) is 13.5. The van der Waals surface area contributed by atoms with Crippen molar-refractivity contribution in [3.8, 4) is 17.1 Å². The first-order chi connectivity index (χ1) is 17.6. The minimum Gasteiger partial charge on any atom is -0.384 e. The molecule has 0 radical (unpaired) electrons. The first-order valence-electron chi connectivity index (χ1n) is 11.6. The molecule has 4 aromatic heterocycles. The van der Waals surface area contributed by atoms with E-state index in [2.05, 4.69) is 30.7 Å². The maximum atomic E-state index is 11.4. The van der Waals surface area contributed by atoms with Crippen molar-refractivity contribution < 1.29 is 9.53 Å². The Labute approximate surface area is 207 Å². The van der Waals surface area contributed by atoms with E-state index in [0.29, 0.717) is 24.7 Å². The van der Waals surface area contributed by atoms with E-state index >= 15 is 0 Å². The van der Waals surface area contributed by atoms with Crippen LogP contribution in [0.4, 0.5) is 11.5 Å². The third kappa shape index (κ3) is 4.58. The first kappa shape index (κ1) is 23.3. The summed E-state index contributed by atoms with van der Waals surface area (Å²) in [5.74, 6) is 1.36. The van der Waals surface area contributed by atoms with Gasteiger partial charge in [-0.3, -0.25) is 9.67 Å². The van der Waals surface area contributed by atoms with E-state index in [-0.39, 0.29) is 6.42 Å². The lowest BCUT2D eigenvalue weighted by Gasteiger charge is -2.12. The molecule has 0 saturated carbocycles. The van der Waals surface area contributed by atoms with E-state index in [0.717, 1.165) is 56.9 Å². The number of anilines is 2. The predicted molar refractivity (Wildman–Crippen MR) is 137 cm³/mol. The van der Waals surface area contributed by atoms with E-state index in [1.165, 1.54) is 0 Å². The number of ether oxygens (including phenoxy) is 1. The number of rotatable bonds is 9. The summed E-state index contributed by atoms with van der Waals surface area (Å²) in [6.07, 6.45) is 3.54. The van der Waals surface area contributed by atoms with Gasteiger partial charge in [-0.05, 0) is 55.8 Å². The van der Waals surface area contributed by atoms with Gasteiger partial charge in [0.05, 0.1) is 34.7 Å². The number of aryl methyl sites for hydroxylation is 2. The van der Waals surface area contributed by atoms with Gasteiger partial charge in [0.1, 0.15) is 18.4 Å². The van der Waals surface area contributed by atoms with Crippen LogP contribution in [-0.4, -0.2) is 54.9 Å². The van der Waals surface area contributed by atoms with Crippen LogP contribution < -0.4 is 5.32 Å². The molecule has 0 unspecified atom stereocenters. The number of aldehydes is 1. The van der Waals surface area contributed by atoms with Gasteiger partial charge in [0, 0.05) is 36.9 Å². The van der Waals surface area contributed by atoms with Crippen LogP contribution in [0.3, 0.4) is 0 Å². The van der Waals surface area contributed by atoms with Crippen molar-refractivity contribution in [1.82, 2.24) is 34.9 Å². The molecule has 10 heteroatoms. The molecule has 0 aliphatic carbocycles. The van der Waals surface area contributed by atoms with Gasteiger partial charge in [0.15, 0.2) is 5.82 Å². The Hall–Kier alpha value is -4.44. The highest BCUT2D eigenvalue weighted by atomic mass is 16.5. The number of aromatic nitrogens is 7. The van der Waals surface area contributed by atoms with Crippen molar-refractivity contribution >= 4 is 28.8 Å². The van der Waals surface area contributed by atoms with E-state index in [9.17, 15) is 4.79 Å². The topological polar surface area (TPSA) is 124 Å². The van der Waals surface area contributed by atoms with Gasteiger partial charge >= 0.3 is 0 Å². The van der Waals surface area contributed by atoms with Crippen molar-refractivity contribution in [1.29, 1.82) is 0 Å². The molecule has 36 heavy (non-hydrogen) atoms. The van der Waals surface area contributed by atoms with Crippen molar-refractivity contribution in [2.24, 2.45) is 0 Å². The fourth-order valence-electron chi connectivity index (χ4n) is 4.14. The third-order valence-electron chi connectivity index (χ3n) is 5.93. The summed E-state index contributed by atoms with van der Waals surface area (Å²) in [5, 5.41) is 19.0.